The molecular weight excluding hydrogens is 274 g/mol. The van der Waals surface area contributed by atoms with Crippen LogP contribution in [0.15, 0.2) is 52.6 Å². The fraction of sp³-hybridized carbons (Fsp3) is 0. The lowest BCUT2D eigenvalue weighted by molar-refractivity contribution is 0.479. The summed E-state index contributed by atoms with van der Waals surface area (Å²) >= 11 is 1.47. The van der Waals surface area contributed by atoms with Crippen LogP contribution in [0.2, 0.25) is 0 Å². The van der Waals surface area contributed by atoms with Crippen molar-refractivity contribution in [2.24, 2.45) is 0 Å². The first kappa shape index (κ1) is 11.2. The zero-order valence-electron chi connectivity index (χ0n) is 10.2. The van der Waals surface area contributed by atoms with E-state index in [1.807, 2.05) is 22.1 Å². The van der Waals surface area contributed by atoms with E-state index in [1.165, 1.54) is 11.3 Å². The van der Waals surface area contributed by atoms with Gasteiger partial charge in [-0.3, -0.25) is 4.57 Å². The lowest BCUT2D eigenvalue weighted by Crippen LogP contribution is -1.96. The maximum Gasteiger partial charge on any atom is 0.195 e. The van der Waals surface area contributed by atoms with Crippen LogP contribution in [0.3, 0.4) is 0 Å². The standard InChI is InChI=1S/C14H9N3O2S/c18-10-4-1-3-9-12(10)17(14-15-6-8-20-14)13(16-9)11-5-2-7-19-11/h1-8,18H. The summed E-state index contributed by atoms with van der Waals surface area (Å²) in [7, 11) is 0. The number of rotatable bonds is 2. The van der Waals surface area contributed by atoms with Crippen molar-refractivity contribution in [1.29, 1.82) is 0 Å². The van der Waals surface area contributed by atoms with E-state index in [0.29, 0.717) is 22.6 Å². The fourth-order valence-electron chi connectivity index (χ4n) is 2.19. The highest BCUT2D eigenvalue weighted by Gasteiger charge is 2.19. The van der Waals surface area contributed by atoms with Gasteiger partial charge in [-0.1, -0.05) is 6.07 Å². The first-order valence-corrected chi connectivity index (χ1v) is 6.87. The van der Waals surface area contributed by atoms with E-state index in [4.69, 9.17) is 4.42 Å². The molecule has 3 aromatic heterocycles. The van der Waals surface area contributed by atoms with Crippen LogP contribution in [0.4, 0.5) is 0 Å². The average molecular weight is 283 g/mol. The Balaban J connectivity index is 2.14. The normalized spacial score (nSPS) is 11.2. The smallest absolute Gasteiger partial charge is 0.195 e. The van der Waals surface area contributed by atoms with E-state index in [0.717, 1.165) is 5.13 Å². The highest BCUT2D eigenvalue weighted by Crippen LogP contribution is 2.33. The lowest BCUT2D eigenvalue weighted by atomic mass is 10.3. The molecule has 0 unspecified atom stereocenters. The number of hydrogen-bond acceptors (Lipinski definition) is 5. The second-order valence-corrected chi connectivity index (χ2v) is 5.08. The van der Waals surface area contributed by atoms with Crippen molar-refractivity contribution in [2.45, 2.75) is 0 Å². The summed E-state index contributed by atoms with van der Waals surface area (Å²) in [6, 6.07) is 8.90. The molecule has 6 heteroatoms. The number of aromatic hydroxyl groups is 1. The van der Waals surface area contributed by atoms with Crippen molar-refractivity contribution < 1.29 is 9.52 Å². The predicted molar refractivity (Wildman–Crippen MR) is 76.1 cm³/mol. The van der Waals surface area contributed by atoms with Crippen molar-refractivity contribution >= 4 is 22.4 Å². The van der Waals surface area contributed by atoms with Crippen LogP contribution in [-0.4, -0.2) is 19.6 Å². The van der Waals surface area contributed by atoms with Gasteiger partial charge in [-0.25, -0.2) is 9.97 Å². The summed E-state index contributed by atoms with van der Waals surface area (Å²) < 4.78 is 7.25. The third-order valence-corrected chi connectivity index (χ3v) is 3.76. The Labute approximate surface area is 117 Å². The predicted octanol–water partition coefficient (Wildman–Crippen LogP) is 3.45. The van der Waals surface area contributed by atoms with Gasteiger partial charge in [0.15, 0.2) is 16.7 Å². The molecule has 0 radical (unpaired) electrons. The van der Waals surface area contributed by atoms with Crippen LogP contribution >= 0.6 is 11.3 Å². The Morgan fingerprint density at radius 2 is 2.15 bits per heavy atom. The summed E-state index contributed by atoms with van der Waals surface area (Å²) in [5, 5.41) is 12.8. The number of thiazole rings is 1. The van der Waals surface area contributed by atoms with Crippen LogP contribution in [0.5, 0.6) is 5.75 Å². The molecule has 0 amide bonds. The van der Waals surface area contributed by atoms with Crippen LogP contribution < -0.4 is 0 Å². The Morgan fingerprint density at radius 3 is 2.90 bits per heavy atom. The molecule has 98 valence electrons. The first-order valence-electron chi connectivity index (χ1n) is 5.99. The Kier molecular flexibility index (Phi) is 2.37. The minimum Gasteiger partial charge on any atom is -0.506 e. The van der Waals surface area contributed by atoms with Crippen molar-refractivity contribution in [3.05, 3.63) is 48.2 Å². The van der Waals surface area contributed by atoms with Gasteiger partial charge >= 0.3 is 0 Å². The van der Waals surface area contributed by atoms with Gasteiger partial charge in [-0.05, 0) is 24.3 Å². The van der Waals surface area contributed by atoms with Crippen molar-refractivity contribution in [2.75, 3.05) is 0 Å². The molecule has 5 nitrogen and oxygen atoms in total. The molecule has 0 saturated heterocycles. The highest BCUT2D eigenvalue weighted by molar-refractivity contribution is 7.12. The number of benzene rings is 1. The third kappa shape index (κ3) is 1.55. The third-order valence-electron chi connectivity index (χ3n) is 3.01. The molecule has 20 heavy (non-hydrogen) atoms. The molecule has 0 aliphatic heterocycles. The number of phenolic OH excluding ortho intramolecular Hbond substituents is 1. The van der Waals surface area contributed by atoms with E-state index in [1.54, 1.807) is 30.7 Å². The number of para-hydroxylation sites is 1. The van der Waals surface area contributed by atoms with Gasteiger partial charge in [0, 0.05) is 11.6 Å². The van der Waals surface area contributed by atoms with Crippen molar-refractivity contribution in [3.63, 3.8) is 0 Å². The molecule has 4 aromatic rings. The summed E-state index contributed by atoms with van der Waals surface area (Å²) in [6.07, 6.45) is 3.32. The van der Waals surface area contributed by atoms with Gasteiger partial charge < -0.3 is 9.52 Å². The van der Waals surface area contributed by atoms with Gasteiger partial charge in [0.2, 0.25) is 0 Å². The molecule has 0 atom stereocenters. The number of nitrogens with zero attached hydrogens (tertiary/aromatic N) is 3. The number of furan rings is 1. The van der Waals surface area contributed by atoms with Crippen LogP contribution in [0, 0.1) is 0 Å². The number of phenols is 1. The molecular formula is C14H9N3O2S. The summed E-state index contributed by atoms with van der Waals surface area (Å²) in [5.41, 5.74) is 1.33. The molecule has 0 saturated carbocycles. The number of hydrogen-bond donors (Lipinski definition) is 1. The maximum atomic E-state index is 10.1. The Morgan fingerprint density at radius 1 is 1.20 bits per heavy atom. The van der Waals surface area contributed by atoms with Gasteiger partial charge in [0.1, 0.15) is 11.3 Å². The summed E-state index contributed by atoms with van der Waals surface area (Å²) in [4.78, 5) is 8.86. The van der Waals surface area contributed by atoms with Crippen LogP contribution in [0.1, 0.15) is 0 Å². The molecule has 3 heterocycles. The van der Waals surface area contributed by atoms with Crippen molar-refractivity contribution in [1.82, 2.24) is 14.5 Å². The topological polar surface area (TPSA) is 64.1 Å². The number of fused-ring (bicyclic) bond motifs is 1. The second-order valence-electron chi connectivity index (χ2n) is 4.21. The number of aromatic nitrogens is 3. The SMILES string of the molecule is Oc1cccc2nc(-c3ccco3)n(-c3nccs3)c12. The molecule has 0 spiro atoms. The molecule has 0 bridgehead atoms. The lowest BCUT2D eigenvalue weighted by Gasteiger charge is -2.04. The van der Waals surface area contributed by atoms with Gasteiger partial charge in [0.25, 0.3) is 0 Å². The number of imidazole rings is 1. The van der Waals surface area contributed by atoms with Crippen LogP contribution in [0.25, 0.3) is 27.7 Å². The molecule has 0 fully saturated rings. The largest absolute Gasteiger partial charge is 0.506 e. The molecule has 4 rings (SSSR count). The maximum absolute atomic E-state index is 10.1. The summed E-state index contributed by atoms with van der Waals surface area (Å²) in [5.74, 6) is 1.43. The van der Waals surface area contributed by atoms with Crippen molar-refractivity contribution in [3.8, 4) is 22.5 Å². The fourth-order valence-corrected chi connectivity index (χ4v) is 2.84. The van der Waals surface area contributed by atoms with Gasteiger partial charge in [0.05, 0.1) is 11.8 Å². The molecule has 0 aliphatic carbocycles. The highest BCUT2D eigenvalue weighted by atomic mass is 32.1. The Bertz CT molecular complexity index is 864. The second kappa shape index (κ2) is 4.21. The monoisotopic (exact) mass is 283 g/mol. The van der Waals surface area contributed by atoms with Crippen LogP contribution in [-0.2, 0) is 0 Å². The average Bonchev–Trinajstić information content (AvgIpc) is 3.18. The van der Waals surface area contributed by atoms with E-state index in [-0.39, 0.29) is 5.75 Å². The quantitative estimate of drug-likeness (QED) is 0.612. The minimum absolute atomic E-state index is 0.169. The first-order chi connectivity index (χ1) is 9.84. The van der Waals surface area contributed by atoms with Gasteiger partial charge in [-0.2, -0.15) is 0 Å². The van der Waals surface area contributed by atoms with E-state index >= 15 is 0 Å². The zero-order chi connectivity index (χ0) is 13.5. The Hall–Kier alpha value is -2.60. The molecule has 1 aromatic carbocycles. The van der Waals surface area contributed by atoms with Gasteiger partial charge in [-0.15, -0.1) is 11.3 Å². The molecule has 0 aliphatic rings. The van der Waals surface area contributed by atoms with E-state index < -0.39 is 0 Å². The van der Waals surface area contributed by atoms with E-state index in [2.05, 4.69) is 9.97 Å². The molecule has 1 N–H and O–H groups in total. The summed E-state index contributed by atoms with van der Waals surface area (Å²) in [6.45, 7) is 0. The minimum atomic E-state index is 0.169. The zero-order valence-corrected chi connectivity index (χ0v) is 11.0. The van der Waals surface area contributed by atoms with E-state index in [9.17, 15) is 5.11 Å².